The summed E-state index contributed by atoms with van der Waals surface area (Å²) >= 11 is 0. The van der Waals surface area contributed by atoms with E-state index in [0.29, 0.717) is 6.61 Å². The van der Waals surface area contributed by atoms with Crippen LogP contribution in [0.2, 0.25) is 19.1 Å². The van der Waals surface area contributed by atoms with Gasteiger partial charge in [0.15, 0.2) is 8.32 Å². The van der Waals surface area contributed by atoms with Crippen LogP contribution in [-0.4, -0.2) is 28.0 Å². The number of carbonyl (C=O) groups excluding carboxylic acids is 1. The molecule has 0 aromatic carbocycles. The van der Waals surface area contributed by atoms with Crippen LogP contribution in [0.15, 0.2) is 12.2 Å². The van der Waals surface area contributed by atoms with E-state index in [1.165, 1.54) is 121 Å². The van der Waals surface area contributed by atoms with Gasteiger partial charge in [0.05, 0.1) is 6.61 Å². The van der Waals surface area contributed by atoms with Crippen LogP contribution in [0.1, 0.15) is 122 Å². The predicted molar refractivity (Wildman–Crippen MR) is 138 cm³/mol. The molecule has 3 nitrogen and oxygen atoms in total. The summed E-state index contributed by atoms with van der Waals surface area (Å²) in [5.41, 5.74) is 0. The van der Waals surface area contributed by atoms with Crippen molar-refractivity contribution < 1.29 is 14.0 Å². The zero-order valence-electron chi connectivity index (χ0n) is 21.5. The van der Waals surface area contributed by atoms with E-state index < -0.39 is 8.32 Å². The SMILES string of the molecule is CC=CC(=O)OCCCCCCCCCCCCCCCCCCCC[Si](C)(C)OC. The van der Waals surface area contributed by atoms with Crippen molar-refractivity contribution in [2.75, 3.05) is 13.7 Å². The zero-order valence-corrected chi connectivity index (χ0v) is 22.5. The molecule has 0 aromatic rings. The Kier molecular flexibility index (Phi) is 22.1. The molecule has 31 heavy (non-hydrogen) atoms. The molecule has 0 bridgehead atoms. The van der Waals surface area contributed by atoms with Crippen molar-refractivity contribution in [3.8, 4) is 0 Å². The molecule has 4 heteroatoms. The quantitative estimate of drug-likeness (QED) is 0.0668. The second-order valence-electron chi connectivity index (χ2n) is 9.75. The standard InChI is InChI=1S/C27H54O3Si/c1-5-24-27(28)30-25-22-20-18-16-14-12-10-8-6-7-9-11-13-15-17-19-21-23-26-31(3,4)29-2/h5,24H,6-23,25-26H2,1-4H3. The van der Waals surface area contributed by atoms with E-state index in [1.54, 1.807) is 6.08 Å². The summed E-state index contributed by atoms with van der Waals surface area (Å²) in [7, 11) is 0.570. The lowest BCUT2D eigenvalue weighted by atomic mass is 10.0. The Balaban J connectivity index is 3.12. The van der Waals surface area contributed by atoms with Gasteiger partial charge in [-0.25, -0.2) is 4.79 Å². The number of rotatable bonds is 23. The van der Waals surface area contributed by atoms with Crippen molar-refractivity contribution in [1.29, 1.82) is 0 Å². The molecule has 0 unspecified atom stereocenters. The van der Waals surface area contributed by atoms with Crippen LogP contribution in [-0.2, 0) is 14.0 Å². The molecule has 184 valence electrons. The first-order valence-electron chi connectivity index (χ1n) is 13.4. The fraction of sp³-hybridized carbons (Fsp3) is 0.889. The second-order valence-corrected chi connectivity index (χ2v) is 14.2. The third-order valence-electron chi connectivity index (χ3n) is 6.27. The Morgan fingerprint density at radius 3 is 1.35 bits per heavy atom. The van der Waals surface area contributed by atoms with Gasteiger partial charge in [-0.3, -0.25) is 0 Å². The molecule has 0 saturated carbocycles. The van der Waals surface area contributed by atoms with Crippen LogP contribution >= 0.6 is 0 Å². The van der Waals surface area contributed by atoms with Gasteiger partial charge in [-0.1, -0.05) is 115 Å². The third-order valence-corrected chi connectivity index (χ3v) is 8.94. The molecule has 0 heterocycles. The third kappa shape index (κ3) is 23.9. The summed E-state index contributed by atoms with van der Waals surface area (Å²) in [6.07, 6.45) is 27.8. The molecular weight excluding hydrogens is 400 g/mol. The van der Waals surface area contributed by atoms with Crippen molar-refractivity contribution in [2.45, 2.75) is 142 Å². The number of unbranched alkanes of at least 4 members (excludes halogenated alkanes) is 17. The predicted octanol–water partition coefficient (Wildman–Crippen LogP) is 8.98. The van der Waals surface area contributed by atoms with Gasteiger partial charge >= 0.3 is 5.97 Å². The van der Waals surface area contributed by atoms with Crippen LogP contribution < -0.4 is 0 Å². The molecule has 0 amide bonds. The first-order valence-corrected chi connectivity index (χ1v) is 16.5. The molecule has 0 aromatic heterocycles. The van der Waals surface area contributed by atoms with E-state index in [4.69, 9.17) is 9.16 Å². The number of allylic oxidation sites excluding steroid dienone is 1. The maximum Gasteiger partial charge on any atom is 0.330 e. The van der Waals surface area contributed by atoms with Crippen LogP contribution in [0.3, 0.4) is 0 Å². The molecule has 0 radical (unpaired) electrons. The Hall–Kier alpha value is -0.613. The van der Waals surface area contributed by atoms with Gasteiger partial charge in [0.1, 0.15) is 0 Å². The molecular formula is C27H54O3Si. The number of hydrogen-bond donors (Lipinski definition) is 0. The molecule has 0 rings (SSSR count). The van der Waals surface area contributed by atoms with E-state index in [2.05, 4.69) is 13.1 Å². The summed E-state index contributed by atoms with van der Waals surface area (Å²) in [5.74, 6) is -0.211. The van der Waals surface area contributed by atoms with E-state index in [9.17, 15) is 4.79 Å². The summed E-state index contributed by atoms with van der Waals surface area (Å²) < 4.78 is 10.7. The Labute approximate surface area is 195 Å². The normalized spacial score (nSPS) is 12.0. The summed E-state index contributed by atoms with van der Waals surface area (Å²) in [6.45, 7) is 7.05. The lowest BCUT2D eigenvalue weighted by Gasteiger charge is -2.19. The molecule has 0 atom stereocenters. The highest BCUT2D eigenvalue weighted by molar-refractivity contribution is 6.71. The minimum Gasteiger partial charge on any atom is -0.463 e. The second kappa shape index (κ2) is 22.6. The maximum atomic E-state index is 11.2. The number of carbonyl (C=O) groups is 1. The van der Waals surface area contributed by atoms with Gasteiger partial charge in [-0.05, 0) is 32.5 Å². The highest BCUT2D eigenvalue weighted by Crippen LogP contribution is 2.17. The van der Waals surface area contributed by atoms with Crippen LogP contribution in [0.25, 0.3) is 0 Å². The fourth-order valence-electron chi connectivity index (χ4n) is 3.94. The Morgan fingerprint density at radius 2 is 1.00 bits per heavy atom. The van der Waals surface area contributed by atoms with E-state index >= 15 is 0 Å². The molecule has 0 aliphatic carbocycles. The van der Waals surface area contributed by atoms with Gasteiger partial charge in [0.2, 0.25) is 0 Å². The van der Waals surface area contributed by atoms with Crippen LogP contribution in [0.4, 0.5) is 0 Å². The summed E-state index contributed by atoms with van der Waals surface area (Å²) in [4.78, 5) is 11.2. The first kappa shape index (κ1) is 30.4. The van der Waals surface area contributed by atoms with Crippen LogP contribution in [0, 0.1) is 0 Å². The van der Waals surface area contributed by atoms with Gasteiger partial charge < -0.3 is 9.16 Å². The van der Waals surface area contributed by atoms with Crippen molar-refractivity contribution in [3.05, 3.63) is 12.2 Å². The minimum atomic E-state index is -1.31. The van der Waals surface area contributed by atoms with Gasteiger partial charge in [0.25, 0.3) is 0 Å². The first-order chi connectivity index (χ1) is 15.0. The van der Waals surface area contributed by atoms with Gasteiger partial charge in [0, 0.05) is 13.2 Å². The summed E-state index contributed by atoms with van der Waals surface area (Å²) in [5, 5.41) is 0. The minimum absolute atomic E-state index is 0.211. The van der Waals surface area contributed by atoms with E-state index in [1.807, 2.05) is 14.0 Å². The number of esters is 1. The molecule has 0 aliphatic heterocycles. The topological polar surface area (TPSA) is 35.5 Å². The zero-order chi connectivity index (χ0) is 23.0. The Bertz CT molecular complexity index is 421. The highest BCUT2D eigenvalue weighted by Gasteiger charge is 2.19. The molecule has 0 saturated heterocycles. The number of ether oxygens (including phenoxy) is 1. The number of hydrogen-bond acceptors (Lipinski definition) is 3. The van der Waals surface area contributed by atoms with E-state index in [0.717, 1.165) is 6.42 Å². The summed E-state index contributed by atoms with van der Waals surface area (Å²) in [6, 6.07) is 1.32. The van der Waals surface area contributed by atoms with Crippen molar-refractivity contribution in [1.82, 2.24) is 0 Å². The van der Waals surface area contributed by atoms with Crippen LogP contribution in [0.5, 0.6) is 0 Å². The van der Waals surface area contributed by atoms with Gasteiger partial charge in [-0.15, -0.1) is 0 Å². The maximum absolute atomic E-state index is 11.2. The van der Waals surface area contributed by atoms with Gasteiger partial charge in [-0.2, -0.15) is 0 Å². The van der Waals surface area contributed by atoms with Crippen molar-refractivity contribution >= 4 is 14.3 Å². The van der Waals surface area contributed by atoms with E-state index in [-0.39, 0.29) is 5.97 Å². The average molecular weight is 455 g/mol. The van der Waals surface area contributed by atoms with Crippen molar-refractivity contribution in [3.63, 3.8) is 0 Å². The molecule has 0 fully saturated rings. The monoisotopic (exact) mass is 454 g/mol. The lowest BCUT2D eigenvalue weighted by molar-refractivity contribution is -0.137. The average Bonchev–Trinajstić information content (AvgIpc) is 2.75. The fourth-order valence-corrected chi connectivity index (χ4v) is 5.25. The Morgan fingerprint density at radius 1 is 0.645 bits per heavy atom. The lowest BCUT2D eigenvalue weighted by Crippen LogP contribution is -2.27. The smallest absolute Gasteiger partial charge is 0.330 e. The molecule has 0 aliphatic rings. The molecule has 0 spiro atoms. The largest absolute Gasteiger partial charge is 0.463 e. The highest BCUT2D eigenvalue weighted by atomic mass is 28.4. The van der Waals surface area contributed by atoms with Crippen molar-refractivity contribution in [2.24, 2.45) is 0 Å². The molecule has 0 N–H and O–H groups in total.